The number of likely N-dealkylation sites (tertiary alicyclic amines) is 1. The Hall–Kier alpha value is -2.87. The van der Waals surface area contributed by atoms with Crippen molar-refractivity contribution in [2.24, 2.45) is 5.92 Å². The summed E-state index contributed by atoms with van der Waals surface area (Å²) in [6, 6.07) is 9.71. The van der Waals surface area contributed by atoms with Crippen LogP contribution < -0.4 is 20.1 Å². The number of carbonyl (C=O) groups is 1. The van der Waals surface area contributed by atoms with Crippen LogP contribution in [0.25, 0.3) is 0 Å². The molecule has 1 saturated heterocycles. The van der Waals surface area contributed by atoms with Crippen LogP contribution in [0.5, 0.6) is 11.5 Å². The molecule has 3 rings (SSSR count). The summed E-state index contributed by atoms with van der Waals surface area (Å²) in [7, 11) is 3.27. The van der Waals surface area contributed by atoms with Gasteiger partial charge in [-0.1, -0.05) is 6.07 Å². The molecule has 0 aliphatic carbocycles. The minimum Gasteiger partial charge on any atom is -0.497 e. The summed E-state index contributed by atoms with van der Waals surface area (Å²) >= 11 is 5.60. The molecule has 0 bridgehead atoms. The highest BCUT2D eigenvalue weighted by molar-refractivity contribution is 7.80. The number of amides is 1. The van der Waals surface area contributed by atoms with Crippen LogP contribution in [0, 0.1) is 5.92 Å². The summed E-state index contributed by atoms with van der Waals surface area (Å²) in [6.07, 6.45) is 3.47. The van der Waals surface area contributed by atoms with Crippen LogP contribution in [0.4, 0.5) is 0 Å². The molecule has 1 fully saturated rings. The van der Waals surface area contributed by atoms with E-state index < -0.39 is 0 Å². The number of ether oxygens (including phenoxy) is 2. The first-order valence-electron chi connectivity index (χ1n) is 10.4. The van der Waals surface area contributed by atoms with E-state index in [1.54, 1.807) is 26.6 Å². The first-order chi connectivity index (χ1) is 14.9. The summed E-state index contributed by atoms with van der Waals surface area (Å²) in [6.45, 7) is 5.67. The molecule has 0 spiro atoms. The number of benzene rings is 1. The van der Waals surface area contributed by atoms with Crippen molar-refractivity contribution in [3.63, 3.8) is 0 Å². The van der Waals surface area contributed by atoms with E-state index in [1.165, 1.54) is 0 Å². The second-order valence-electron chi connectivity index (χ2n) is 7.91. The first kappa shape index (κ1) is 22.8. The average Bonchev–Trinajstić information content (AvgIpc) is 3.23. The molecular formula is C23H30N4O3S. The van der Waals surface area contributed by atoms with Gasteiger partial charge >= 0.3 is 0 Å². The van der Waals surface area contributed by atoms with Crippen LogP contribution in [0.3, 0.4) is 0 Å². The third-order valence-electron chi connectivity index (χ3n) is 5.38. The number of nitrogens with zero attached hydrogens (tertiary/aromatic N) is 2. The maximum atomic E-state index is 13.3. The zero-order chi connectivity index (χ0) is 22.4. The fourth-order valence-electron chi connectivity index (χ4n) is 3.84. The van der Waals surface area contributed by atoms with Gasteiger partial charge in [-0.25, -0.2) is 0 Å². The van der Waals surface area contributed by atoms with Gasteiger partial charge in [0.25, 0.3) is 0 Å². The van der Waals surface area contributed by atoms with Crippen molar-refractivity contribution in [3.8, 4) is 11.5 Å². The van der Waals surface area contributed by atoms with Crippen molar-refractivity contribution < 1.29 is 14.3 Å². The molecule has 1 aliphatic rings. The number of methoxy groups -OCH3 is 2. The highest BCUT2D eigenvalue weighted by atomic mass is 32.1. The predicted molar refractivity (Wildman–Crippen MR) is 124 cm³/mol. The highest BCUT2D eigenvalue weighted by Crippen LogP contribution is 2.39. The molecule has 2 atom stereocenters. The predicted octanol–water partition coefficient (Wildman–Crippen LogP) is 2.71. The fourth-order valence-corrected chi connectivity index (χ4v) is 4.23. The quantitative estimate of drug-likeness (QED) is 0.639. The van der Waals surface area contributed by atoms with Gasteiger partial charge in [-0.05, 0) is 55.9 Å². The van der Waals surface area contributed by atoms with Gasteiger partial charge in [-0.2, -0.15) is 0 Å². The normalized spacial score (nSPS) is 18.0. The van der Waals surface area contributed by atoms with E-state index in [9.17, 15) is 4.79 Å². The molecule has 1 aromatic heterocycles. The van der Waals surface area contributed by atoms with E-state index in [2.05, 4.69) is 20.5 Å². The van der Waals surface area contributed by atoms with E-state index in [1.807, 2.05) is 44.2 Å². The zero-order valence-corrected chi connectivity index (χ0v) is 19.2. The summed E-state index contributed by atoms with van der Waals surface area (Å²) < 4.78 is 11.0. The van der Waals surface area contributed by atoms with Crippen LogP contribution in [-0.2, 0) is 11.3 Å². The Bertz CT molecular complexity index is 907. The number of nitrogens with one attached hydrogen (secondary N) is 2. The van der Waals surface area contributed by atoms with E-state index in [4.69, 9.17) is 21.7 Å². The van der Waals surface area contributed by atoms with Gasteiger partial charge < -0.3 is 25.0 Å². The lowest BCUT2D eigenvalue weighted by Crippen LogP contribution is -2.42. The molecule has 2 heterocycles. The van der Waals surface area contributed by atoms with Gasteiger partial charge in [0.15, 0.2) is 5.11 Å². The topological polar surface area (TPSA) is 75.7 Å². The summed E-state index contributed by atoms with van der Waals surface area (Å²) in [5.74, 6) is 1.07. The largest absolute Gasteiger partial charge is 0.497 e. The average molecular weight is 443 g/mol. The molecule has 2 aromatic rings. The number of thiocarbonyl (C=S) groups is 1. The molecule has 1 amide bonds. The second-order valence-corrected chi connectivity index (χ2v) is 8.30. The van der Waals surface area contributed by atoms with Gasteiger partial charge in [0.1, 0.15) is 11.5 Å². The van der Waals surface area contributed by atoms with Crippen molar-refractivity contribution in [3.05, 3.63) is 53.9 Å². The molecule has 2 N–H and O–H groups in total. The summed E-state index contributed by atoms with van der Waals surface area (Å²) in [4.78, 5) is 19.4. The smallest absolute Gasteiger partial charge is 0.225 e. The van der Waals surface area contributed by atoms with Gasteiger partial charge in [0.05, 0.1) is 20.1 Å². The van der Waals surface area contributed by atoms with E-state index in [0.29, 0.717) is 24.7 Å². The Morgan fingerprint density at radius 1 is 1.26 bits per heavy atom. The van der Waals surface area contributed by atoms with Crippen LogP contribution >= 0.6 is 12.2 Å². The van der Waals surface area contributed by atoms with Crippen molar-refractivity contribution in [2.45, 2.75) is 32.4 Å². The minimum atomic E-state index is -0.287. The molecule has 2 unspecified atom stereocenters. The number of rotatable bonds is 7. The Labute approximate surface area is 189 Å². The Kier molecular flexibility index (Phi) is 7.68. The van der Waals surface area contributed by atoms with Crippen molar-refractivity contribution in [2.75, 3.05) is 27.3 Å². The van der Waals surface area contributed by atoms with E-state index in [0.717, 1.165) is 22.6 Å². The van der Waals surface area contributed by atoms with Gasteiger partial charge in [-0.3, -0.25) is 9.78 Å². The lowest BCUT2D eigenvalue weighted by atomic mass is 9.87. The van der Waals surface area contributed by atoms with Crippen LogP contribution in [-0.4, -0.2) is 54.3 Å². The first-order valence-corrected chi connectivity index (χ1v) is 10.8. The fraction of sp³-hybridized carbons (Fsp3) is 0.435. The molecule has 0 radical (unpaired) electrons. The Balaban J connectivity index is 1.86. The van der Waals surface area contributed by atoms with E-state index >= 15 is 0 Å². The molecule has 1 aromatic carbocycles. The maximum absolute atomic E-state index is 13.3. The lowest BCUT2D eigenvalue weighted by Gasteiger charge is -2.22. The summed E-state index contributed by atoms with van der Waals surface area (Å²) in [5.41, 5.74) is 1.90. The van der Waals surface area contributed by atoms with Gasteiger partial charge in [0.2, 0.25) is 5.91 Å². The number of aromatic nitrogens is 1. The highest BCUT2D eigenvalue weighted by Gasteiger charge is 2.41. The molecular weight excluding hydrogens is 412 g/mol. The van der Waals surface area contributed by atoms with Crippen LogP contribution in [0.2, 0.25) is 0 Å². The van der Waals surface area contributed by atoms with Crippen molar-refractivity contribution >= 4 is 23.2 Å². The monoisotopic (exact) mass is 442 g/mol. The number of pyridine rings is 1. The summed E-state index contributed by atoms with van der Waals surface area (Å²) in [5, 5.41) is 7.01. The van der Waals surface area contributed by atoms with E-state index in [-0.39, 0.29) is 23.8 Å². The maximum Gasteiger partial charge on any atom is 0.225 e. The molecule has 1 aliphatic heterocycles. The minimum absolute atomic E-state index is 0.0198. The SMILES string of the molecule is COc1ccc(OC)c(C2CN(C(=S)NC(C)C)CC2C(=O)NCc2cccnc2)c1. The van der Waals surface area contributed by atoms with Crippen LogP contribution in [0.15, 0.2) is 42.7 Å². The number of hydrogen-bond donors (Lipinski definition) is 2. The molecule has 8 heteroatoms. The van der Waals surface area contributed by atoms with Crippen molar-refractivity contribution in [1.82, 2.24) is 20.5 Å². The molecule has 7 nitrogen and oxygen atoms in total. The Morgan fingerprint density at radius 3 is 2.71 bits per heavy atom. The standard InChI is InChI=1S/C23H30N4O3S/c1-15(2)26-23(31)27-13-19(18-10-17(29-3)7-8-21(18)30-4)20(14-27)22(28)25-12-16-6-5-9-24-11-16/h5-11,15,19-20H,12-14H2,1-4H3,(H,25,28)(H,26,31). The zero-order valence-electron chi connectivity index (χ0n) is 18.4. The molecule has 0 saturated carbocycles. The lowest BCUT2D eigenvalue weighted by molar-refractivity contribution is -0.125. The molecule has 31 heavy (non-hydrogen) atoms. The van der Waals surface area contributed by atoms with Gasteiger partial charge in [-0.15, -0.1) is 0 Å². The second kappa shape index (κ2) is 10.4. The molecule has 166 valence electrons. The number of carbonyl (C=O) groups excluding carboxylic acids is 1. The Morgan fingerprint density at radius 2 is 2.06 bits per heavy atom. The third kappa shape index (κ3) is 5.64. The number of hydrogen-bond acceptors (Lipinski definition) is 5. The van der Waals surface area contributed by atoms with Crippen LogP contribution in [0.1, 0.15) is 30.9 Å². The van der Waals surface area contributed by atoms with Gasteiger partial charge in [0, 0.05) is 49.6 Å². The van der Waals surface area contributed by atoms with Crippen molar-refractivity contribution in [1.29, 1.82) is 0 Å². The third-order valence-corrected chi connectivity index (χ3v) is 5.76.